The van der Waals surface area contributed by atoms with Gasteiger partial charge in [-0.15, -0.1) is 0 Å². The maximum atomic E-state index is 13.5. The molecule has 2 fully saturated rings. The molecule has 0 bridgehead atoms. The van der Waals surface area contributed by atoms with Crippen LogP contribution in [0, 0.1) is 34.5 Å². The Morgan fingerprint density at radius 1 is 0.684 bits per heavy atom. The second-order valence-corrected chi connectivity index (χ2v) is 19.5. The molecule has 290 valence electrons. The first-order chi connectivity index (χ1) is 27.3. The first-order valence-corrected chi connectivity index (χ1v) is 21.5. The highest BCUT2D eigenvalue weighted by Crippen LogP contribution is 2.68. The van der Waals surface area contributed by atoms with Gasteiger partial charge in [0.2, 0.25) is 0 Å². The van der Waals surface area contributed by atoms with Gasteiger partial charge in [-0.3, -0.25) is 9.36 Å². The van der Waals surface area contributed by atoms with Crippen molar-refractivity contribution in [2.75, 3.05) is 0 Å². The summed E-state index contributed by atoms with van der Waals surface area (Å²) >= 11 is 0. The van der Waals surface area contributed by atoms with Crippen molar-refractivity contribution in [2.45, 2.75) is 58.3 Å². The molecule has 1 aromatic carbocycles. The molecule has 4 unspecified atom stereocenters. The number of rotatable bonds is 6. The fourth-order valence-corrected chi connectivity index (χ4v) is 11.7. The van der Waals surface area contributed by atoms with E-state index in [0.717, 1.165) is 45.6 Å². The van der Waals surface area contributed by atoms with Crippen molar-refractivity contribution in [1.29, 1.82) is 0 Å². The molecule has 2 saturated carbocycles. The zero-order chi connectivity index (χ0) is 39.4. The number of fused-ring (bicyclic) bond motifs is 4. The summed E-state index contributed by atoms with van der Waals surface area (Å²) in [7, 11) is 0.0125. The molecule has 0 aliphatic heterocycles. The van der Waals surface area contributed by atoms with Crippen LogP contribution in [0.15, 0.2) is 109 Å². The van der Waals surface area contributed by atoms with E-state index in [2.05, 4.69) is 78.3 Å². The maximum Gasteiger partial charge on any atom is 0.269 e. The molecule has 4 aliphatic carbocycles. The highest BCUT2D eigenvalue weighted by Gasteiger charge is 2.60. The standard InChI is InChI=1S/C26H26N4O2S.C20H22N4/c1-26(2)23-11-7-10-20(24(23)26)17-12-21-22(18-14-28-29(3)15-18)16-30(25(21)27-13-17)33(31,32)19-8-5-4-6-9-19;1-20(2)17-6-4-5-14(18(17)20)12-7-15-16(10-22-19(15)21-8-12)13-9-23-24(3)11-13/h4-6,8-10,12-16,23-24H,7,11H2,1-3H3;5,7-11,17-18H,4,6H2,1-3H3,(H,21,22). The van der Waals surface area contributed by atoms with E-state index >= 15 is 0 Å². The molecule has 0 radical (unpaired) electrons. The summed E-state index contributed by atoms with van der Waals surface area (Å²) in [6, 6.07) is 12.9. The topological polar surface area (TPSA) is 116 Å². The molecule has 0 spiro atoms. The summed E-state index contributed by atoms with van der Waals surface area (Å²) in [5.74, 6) is 2.81. The molecule has 6 aromatic heterocycles. The van der Waals surface area contributed by atoms with Crippen molar-refractivity contribution in [3.8, 4) is 22.3 Å². The van der Waals surface area contributed by atoms with Crippen LogP contribution in [0.5, 0.6) is 0 Å². The number of benzene rings is 1. The van der Waals surface area contributed by atoms with Crippen LogP contribution < -0.4 is 0 Å². The Bertz CT molecular complexity index is 2890. The van der Waals surface area contributed by atoms with E-state index in [1.54, 1.807) is 41.3 Å². The van der Waals surface area contributed by atoms with Gasteiger partial charge in [-0.05, 0) is 107 Å². The summed E-state index contributed by atoms with van der Waals surface area (Å²) in [4.78, 5) is 12.9. The van der Waals surface area contributed by atoms with Gasteiger partial charge in [0.25, 0.3) is 10.0 Å². The number of allylic oxidation sites excluding steroid dienone is 4. The molecule has 11 rings (SSSR count). The monoisotopic (exact) mass is 776 g/mol. The Kier molecular flexibility index (Phi) is 8.00. The van der Waals surface area contributed by atoms with Crippen LogP contribution in [-0.4, -0.2) is 46.9 Å². The van der Waals surface area contributed by atoms with Gasteiger partial charge in [-0.1, -0.05) is 58.0 Å². The van der Waals surface area contributed by atoms with E-state index in [0.29, 0.717) is 34.2 Å². The van der Waals surface area contributed by atoms with Crippen LogP contribution in [0.2, 0.25) is 0 Å². The predicted molar refractivity (Wildman–Crippen MR) is 225 cm³/mol. The fraction of sp³-hybridized carbons (Fsp3) is 0.348. The molecule has 0 saturated heterocycles. The van der Waals surface area contributed by atoms with Crippen molar-refractivity contribution < 1.29 is 8.42 Å². The van der Waals surface area contributed by atoms with Crippen LogP contribution in [0.1, 0.15) is 64.5 Å². The average molecular weight is 777 g/mol. The van der Waals surface area contributed by atoms with E-state index in [1.165, 1.54) is 50.9 Å². The van der Waals surface area contributed by atoms with Gasteiger partial charge in [0.15, 0.2) is 5.65 Å². The molecule has 57 heavy (non-hydrogen) atoms. The third kappa shape index (κ3) is 5.76. The van der Waals surface area contributed by atoms with Crippen LogP contribution >= 0.6 is 0 Å². The Morgan fingerprint density at radius 2 is 1.25 bits per heavy atom. The lowest BCUT2D eigenvalue weighted by Gasteiger charge is -2.13. The largest absolute Gasteiger partial charge is 0.346 e. The van der Waals surface area contributed by atoms with Gasteiger partial charge in [0.05, 0.1) is 17.3 Å². The summed E-state index contributed by atoms with van der Waals surface area (Å²) in [6.07, 6.45) is 24.9. The Labute approximate surface area is 333 Å². The smallest absolute Gasteiger partial charge is 0.269 e. The molecule has 4 atom stereocenters. The summed E-state index contributed by atoms with van der Waals surface area (Å²) in [5, 5.41) is 10.6. The van der Waals surface area contributed by atoms with Gasteiger partial charge in [-0.25, -0.2) is 22.4 Å². The number of aromatic amines is 1. The highest BCUT2D eigenvalue weighted by molar-refractivity contribution is 7.90. The van der Waals surface area contributed by atoms with Crippen molar-refractivity contribution >= 4 is 43.2 Å². The first kappa shape index (κ1) is 35.8. The minimum absolute atomic E-state index is 0.239. The van der Waals surface area contributed by atoms with Crippen LogP contribution in [0.25, 0.3) is 55.5 Å². The zero-order valence-corrected chi connectivity index (χ0v) is 34.1. The lowest BCUT2D eigenvalue weighted by Crippen LogP contribution is -2.12. The number of aromatic nitrogens is 8. The predicted octanol–water partition coefficient (Wildman–Crippen LogP) is 9.54. The SMILES string of the molecule is Cn1cc(-c2c[nH]c3ncc(C4=CCCC5C4C5(C)C)cc23)cn1.Cn1cc(-c2cn(S(=O)(=O)c3ccccc3)c3ncc(C4=CCCC5C4C5(C)C)cc23)cn1. The Hall–Kier alpha value is -5.55. The number of pyridine rings is 2. The molecular weight excluding hydrogens is 729 g/mol. The van der Waals surface area contributed by atoms with Gasteiger partial charge >= 0.3 is 0 Å². The quantitative estimate of drug-likeness (QED) is 0.180. The lowest BCUT2D eigenvalue weighted by atomic mass is 9.93. The second kappa shape index (κ2) is 12.7. The fourth-order valence-electron chi connectivity index (χ4n) is 10.4. The van der Waals surface area contributed by atoms with Gasteiger partial charge in [-0.2, -0.15) is 10.2 Å². The number of hydrogen-bond donors (Lipinski definition) is 1. The summed E-state index contributed by atoms with van der Waals surface area (Å²) in [6.45, 7) is 9.50. The third-order valence-electron chi connectivity index (χ3n) is 13.6. The van der Waals surface area contributed by atoms with Gasteiger partial charge in [0, 0.05) is 84.3 Å². The molecule has 1 N–H and O–H groups in total. The number of hydrogen-bond acceptors (Lipinski definition) is 6. The van der Waals surface area contributed by atoms with E-state index in [4.69, 9.17) is 4.98 Å². The molecule has 6 heterocycles. The zero-order valence-electron chi connectivity index (χ0n) is 33.3. The van der Waals surface area contributed by atoms with E-state index in [1.807, 2.05) is 55.8 Å². The number of nitrogens with one attached hydrogen (secondary N) is 1. The summed E-state index contributed by atoms with van der Waals surface area (Å²) < 4.78 is 31.9. The molecular formula is C46H48N8O2S. The third-order valence-corrected chi connectivity index (χ3v) is 15.3. The van der Waals surface area contributed by atoms with E-state index < -0.39 is 10.0 Å². The average Bonchev–Trinajstić information content (AvgIpc) is 3.66. The minimum Gasteiger partial charge on any atom is -0.346 e. The van der Waals surface area contributed by atoms with Crippen LogP contribution in [-0.2, 0) is 24.1 Å². The normalized spacial score (nSPS) is 22.9. The van der Waals surface area contributed by atoms with Crippen LogP contribution in [0.3, 0.4) is 0 Å². The van der Waals surface area contributed by atoms with Crippen molar-refractivity contribution in [3.63, 3.8) is 0 Å². The first-order valence-electron chi connectivity index (χ1n) is 20.0. The molecule has 11 heteroatoms. The molecule has 4 aliphatic rings. The van der Waals surface area contributed by atoms with Crippen molar-refractivity contribution in [3.05, 3.63) is 115 Å². The minimum atomic E-state index is -3.79. The number of nitrogens with zero attached hydrogens (tertiary/aromatic N) is 7. The van der Waals surface area contributed by atoms with Gasteiger partial charge in [0.1, 0.15) is 5.65 Å². The molecule has 0 amide bonds. The van der Waals surface area contributed by atoms with Crippen molar-refractivity contribution in [1.82, 2.24) is 38.5 Å². The molecule has 7 aromatic rings. The van der Waals surface area contributed by atoms with Crippen LogP contribution in [0.4, 0.5) is 0 Å². The number of H-pyrrole nitrogens is 1. The molecule has 10 nitrogen and oxygen atoms in total. The maximum absolute atomic E-state index is 13.5. The Balaban J connectivity index is 0.000000146. The van der Waals surface area contributed by atoms with Gasteiger partial charge < -0.3 is 4.98 Å². The van der Waals surface area contributed by atoms with E-state index in [-0.39, 0.29) is 4.90 Å². The van der Waals surface area contributed by atoms with E-state index in [9.17, 15) is 8.42 Å². The van der Waals surface area contributed by atoms with Crippen molar-refractivity contribution in [2.24, 2.45) is 48.6 Å². The highest BCUT2D eigenvalue weighted by atomic mass is 32.2. The second-order valence-electron chi connectivity index (χ2n) is 17.7. The lowest BCUT2D eigenvalue weighted by molar-refractivity contribution is 0.536. The Morgan fingerprint density at radius 3 is 1.82 bits per heavy atom. The summed E-state index contributed by atoms with van der Waals surface area (Å²) in [5.41, 5.74) is 11.3. The number of aryl methyl sites for hydroxylation is 2.